The summed E-state index contributed by atoms with van der Waals surface area (Å²) in [4.78, 5) is 0. The molecule has 0 amide bonds. The van der Waals surface area contributed by atoms with Crippen LogP contribution in [0.4, 0.5) is 0 Å². The Morgan fingerprint density at radius 3 is 2.69 bits per heavy atom. The van der Waals surface area contributed by atoms with Crippen LogP contribution in [-0.4, -0.2) is 19.1 Å². The zero-order chi connectivity index (χ0) is 9.52. The highest BCUT2D eigenvalue weighted by Gasteiger charge is 2.22. The van der Waals surface area contributed by atoms with Crippen molar-refractivity contribution in [2.75, 3.05) is 13.1 Å². The first-order valence-corrected chi connectivity index (χ1v) is 5.25. The largest absolute Gasteiger partial charge is 0.329 e. The zero-order valence-electron chi connectivity index (χ0n) is 8.26. The first-order chi connectivity index (χ1) is 6.38. The van der Waals surface area contributed by atoms with Crippen molar-refractivity contribution in [1.29, 1.82) is 0 Å². The van der Waals surface area contributed by atoms with Crippen molar-refractivity contribution in [3.8, 4) is 12.3 Å². The van der Waals surface area contributed by atoms with Gasteiger partial charge in [-0.2, -0.15) is 0 Å². The van der Waals surface area contributed by atoms with Crippen LogP contribution in [0.1, 0.15) is 32.1 Å². The van der Waals surface area contributed by atoms with Crippen molar-refractivity contribution in [3.05, 3.63) is 0 Å². The van der Waals surface area contributed by atoms with Crippen molar-refractivity contribution in [1.82, 2.24) is 5.32 Å². The standard InChI is InChI=1S/C11H20N2/c1-2-3-8-13-11(9-12)10-6-4-5-7-10/h1,10-11,13H,3-9,12H2. The molecule has 0 radical (unpaired) electrons. The second-order valence-electron chi connectivity index (χ2n) is 3.79. The van der Waals surface area contributed by atoms with Crippen LogP contribution >= 0.6 is 0 Å². The fourth-order valence-electron chi connectivity index (χ4n) is 2.13. The van der Waals surface area contributed by atoms with Crippen LogP contribution in [0.25, 0.3) is 0 Å². The Morgan fingerprint density at radius 2 is 2.15 bits per heavy atom. The SMILES string of the molecule is C#CCCNC(CN)C1CCCC1. The van der Waals surface area contributed by atoms with Crippen LogP contribution in [0, 0.1) is 18.3 Å². The average molecular weight is 180 g/mol. The first-order valence-electron chi connectivity index (χ1n) is 5.25. The molecule has 1 aliphatic carbocycles. The second kappa shape index (κ2) is 6.01. The molecule has 1 aliphatic rings. The van der Waals surface area contributed by atoms with Crippen molar-refractivity contribution in [2.24, 2.45) is 11.7 Å². The van der Waals surface area contributed by atoms with E-state index in [0.29, 0.717) is 6.04 Å². The molecule has 0 aromatic rings. The molecule has 2 heteroatoms. The summed E-state index contributed by atoms with van der Waals surface area (Å²) >= 11 is 0. The van der Waals surface area contributed by atoms with Crippen molar-refractivity contribution >= 4 is 0 Å². The second-order valence-corrected chi connectivity index (χ2v) is 3.79. The molecule has 13 heavy (non-hydrogen) atoms. The van der Waals surface area contributed by atoms with Gasteiger partial charge in [-0.05, 0) is 18.8 Å². The van der Waals surface area contributed by atoms with Crippen LogP contribution in [0.3, 0.4) is 0 Å². The molecule has 2 nitrogen and oxygen atoms in total. The maximum absolute atomic E-state index is 5.72. The molecule has 74 valence electrons. The van der Waals surface area contributed by atoms with E-state index in [1.165, 1.54) is 25.7 Å². The molecular weight excluding hydrogens is 160 g/mol. The maximum Gasteiger partial charge on any atom is 0.0218 e. The molecule has 1 saturated carbocycles. The van der Waals surface area contributed by atoms with Gasteiger partial charge in [-0.15, -0.1) is 12.3 Å². The summed E-state index contributed by atoms with van der Waals surface area (Å²) in [7, 11) is 0. The summed E-state index contributed by atoms with van der Waals surface area (Å²) in [5.74, 6) is 3.43. The van der Waals surface area contributed by atoms with Gasteiger partial charge in [-0.25, -0.2) is 0 Å². The van der Waals surface area contributed by atoms with E-state index < -0.39 is 0 Å². The molecule has 1 atom stereocenters. The Kier molecular flexibility index (Phi) is 4.88. The van der Waals surface area contributed by atoms with Gasteiger partial charge in [0.2, 0.25) is 0 Å². The van der Waals surface area contributed by atoms with E-state index in [1.807, 2.05) is 0 Å². The van der Waals surface area contributed by atoms with E-state index in [0.717, 1.165) is 25.4 Å². The highest BCUT2D eigenvalue weighted by Crippen LogP contribution is 2.27. The molecule has 0 bridgehead atoms. The minimum Gasteiger partial charge on any atom is -0.329 e. The van der Waals surface area contributed by atoms with E-state index in [-0.39, 0.29) is 0 Å². The Labute approximate surface area is 81.3 Å². The summed E-state index contributed by atoms with van der Waals surface area (Å²) in [6.07, 6.45) is 11.4. The topological polar surface area (TPSA) is 38.0 Å². The van der Waals surface area contributed by atoms with Gasteiger partial charge in [-0.1, -0.05) is 12.8 Å². The highest BCUT2D eigenvalue weighted by atomic mass is 14.9. The van der Waals surface area contributed by atoms with Crippen LogP contribution in [0.2, 0.25) is 0 Å². The van der Waals surface area contributed by atoms with E-state index >= 15 is 0 Å². The Hall–Kier alpha value is -0.520. The van der Waals surface area contributed by atoms with Crippen molar-refractivity contribution < 1.29 is 0 Å². The van der Waals surface area contributed by atoms with Crippen molar-refractivity contribution in [2.45, 2.75) is 38.1 Å². The van der Waals surface area contributed by atoms with E-state index in [2.05, 4.69) is 11.2 Å². The highest BCUT2D eigenvalue weighted by molar-refractivity contribution is 4.87. The summed E-state index contributed by atoms with van der Waals surface area (Å²) < 4.78 is 0. The smallest absolute Gasteiger partial charge is 0.0218 e. The van der Waals surface area contributed by atoms with Crippen molar-refractivity contribution in [3.63, 3.8) is 0 Å². The van der Waals surface area contributed by atoms with Gasteiger partial charge in [0.15, 0.2) is 0 Å². The molecular formula is C11H20N2. The molecule has 1 fully saturated rings. The predicted octanol–water partition coefficient (Wildman–Crippen LogP) is 1.12. The number of terminal acetylenes is 1. The van der Waals surface area contributed by atoms with Gasteiger partial charge in [0, 0.05) is 25.6 Å². The van der Waals surface area contributed by atoms with E-state index in [1.54, 1.807) is 0 Å². The third-order valence-corrected chi connectivity index (χ3v) is 2.90. The Bertz CT molecular complexity index is 165. The number of rotatable bonds is 5. The maximum atomic E-state index is 5.72. The quantitative estimate of drug-likeness (QED) is 0.491. The predicted molar refractivity (Wildman–Crippen MR) is 56.3 cm³/mol. The first kappa shape index (κ1) is 10.6. The van der Waals surface area contributed by atoms with Crippen LogP contribution < -0.4 is 11.1 Å². The Morgan fingerprint density at radius 1 is 1.46 bits per heavy atom. The lowest BCUT2D eigenvalue weighted by atomic mass is 9.98. The lowest BCUT2D eigenvalue weighted by molar-refractivity contribution is 0.368. The fraction of sp³-hybridized carbons (Fsp3) is 0.818. The average Bonchev–Trinajstić information content (AvgIpc) is 2.65. The lowest BCUT2D eigenvalue weighted by Crippen LogP contribution is -2.41. The molecule has 0 heterocycles. The molecule has 1 rings (SSSR count). The van der Waals surface area contributed by atoms with Gasteiger partial charge in [0.25, 0.3) is 0 Å². The van der Waals surface area contributed by atoms with Gasteiger partial charge in [-0.3, -0.25) is 0 Å². The molecule has 0 spiro atoms. The number of nitrogens with one attached hydrogen (secondary N) is 1. The summed E-state index contributed by atoms with van der Waals surface area (Å²) in [5.41, 5.74) is 5.72. The lowest BCUT2D eigenvalue weighted by Gasteiger charge is -2.22. The van der Waals surface area contributed by atoms with E-state index in [4.69, 9.17) is 12.2 Å². The Balaban J connectivity index is 2.21. The van der Waals surface area contributed by atoms with E-state index in [9.17, 15) is 0 Å². The summed E-state index contributed by atoms with van der Waals surface area (Å²) in [6.45, 7) is 1.66. The van der Waals surface area contributed by atoms with Crippen LogP contribution in [-0.2, 0) is 0 Å². The van der Waals surface area contributed by atoms with Gasteiger partial charge in [0.1, 0.15) is 0 Å². The molecule has 0 aromatic carbocycles. The van der Waals surface area contributed by atoms with Crippen LogP contribution in [0.5, 0.6) is 0 Å². The molecule has 1 unspecified atom stereocenters. The molecule has 0 aliphatic heterocycles. The number of hydrogen-bond donors (Lipinski definition) is 2. The zero-order valence-corrected chi connectivity index (χ0v) is 8.26. The normalized spacial score (nSPS) is 20.0. The fourth-order valence-corrected chi connectivity index (χ4v) is 2.13. The molecule has 0 aromatic heterocycles. The van der Waals surface area contributed by atoms with Gasteiger partial charge >= 0.3 is 0 Å². The third kappa shape index (κ3) is 3.38. The van der Waals surface area contributed by atoms with Gasteiger partial charge in [0.05, 0.1) is 0 Å². The number of nitrogens with two attached hydrogens (primary N) is 1. The summed E-state index contributed by atoms with van der Waals surface area (Å²) in [5, 5.41) is 3.44. The minimum absolute atomic E-state index is 0.496. The third-order valence-electron chi connectivity index (χ3n) is 2.90. The summed E-state index contributed by atoms with van der Waals surface area (Å²) in [6, 6.07) is 0.496. The minimum atomic E-state index is 0.496. The van der Waals surface area contributed by atoms with Gasteiger partial charge < -0.3 is 11.1 Å². The number of hydrogen-bond acceptors (Lipinski definition) is 2. The van der Waals surface area contributed by atoms with Crippen LogP contribution in [0.15, 0.2) is 0 Å². The monoisotopic (exact) mass is 180 g/mol. The molecule has 0 saturated heterocycles. The molecule has 3 N–H and O–H groups in total.